The number of anilines is 1. The summed E-state index contributed by atoms with van der Waals surface area (Å²) in [6, 6.07) is 3.71. The molecule has 0 radical (unpaired) electrons. The van der Waals surface area contributed by atoms with Crippen molar-refractivity contribution in [3.05, 3.63) is 22.2 Å². The van der Waals surface area contributed by atoms with E-state index in [2.05, 4.69) is 15.9 Å². The first-order valence-electron chi connectivity index (χ1n) is 7.99. The second-order valence-corrected chi connectivity index (χ2v) is 8.60. The first-order valence-corrected chi connectivity index (χ1v) is 8.78. The standard InChI is InChI=1S/C18H26BrNO4/c1-10-11-8-12(19)14(23-7)9-13(11)20(18(5,6)15(10)21)16(22)24-17(2,3)4/h8-10,15,21H,1-7H3. The van der Waals surface area contributed by atoms with Gasteiger partial charge in [-0.1, -0.05) is 6.92 Å². The Kier molecular flexibility index (Phi) is 4.94. The van der Waals surface area contributed by atoms with Crippen molar-refractivity contribution in [2.75, 3.05) is 12.0 Å². The molecule has 1 N–H and O–H groups in total. The number of carbonyl (C=O) groups is 1. The third kappa shape index (κ3) is 3.26. The van der Waals surface area contributed by atoms with Crippen LogP contribution in [0.3, 0.4) is 0 Å². The monoisotopic (exact) mass is 399 g/mol. The highest BCUT2D eigenvalue weighted by atomic mass is 79.9. The van der Waals surface area contributed by atoms with E-state index in [-0.39, 0.29) is 5.92 Å². The minimum absolute atomic E-state index is 0.129. The number of amides is 1. The molecule has 1 amide bonds. The number of methoxy groups -OCH3 is 1. The number of fused-ring (bicyclic) bond motifs is 1. The molecule has 0 fully saturated rings. The molecule has 0 spiro atoms. The number of hydrogen-bond acceptors (Lipinski definition) is 4. The molecule has 2 rings (SSSR count). The summed E-state index contributed by atoms with van der Waals surface area (Å²) in [7, 11) is 1.58. The lowest BCUT2D eigenvalue weighted by Crippen LogP contribution is -2.60. The van der Waals surface area contributed by atoms with Crippen LogP contribution in [0.4, 0.5) is 10.5 Å². The molecule has 1 aliphatic heterocycles. The van der Waals surface area contributed by atoms with Crippen LogP contribution in [0.1, 0.15) is 53.0 Å². The maximum absolute atomic E-state index is 12.9. The summed E-state index contributed by atoms with van der Waals surface area (Å²) in [6.07, 6.45) is -1.21. The molecule has 6 heteroatoms. The summed E-state index contributed by atoms with van der Waals surface area (Å²) in [6.45, 7) is 11.1. The van der Waals surface area contributed by atoms with Gasteiger partial charge < -0.3 is 14.6 Å². The molecule has 0 aromatic heterocycles. The maximum Gasteiger partial charge on any atom is 0.415 e. The van der Waals surface area contributed by atoms with E-state index >= 15 is 0 Å². The number of benzene rings is 1. The molecule has 24 heavy (non-hydrogen) atoms. The second kappa shape index (κ2) is 6.23. The van der Waals surface area contributed by atoms with Crippen molar-refractivity contribution in [1.29, 1.82) is 0 Å². The normalized spacial score (nSPS) is 22.8. The van der Waals surface area contributed by atoms with E-state index in [9.17, 15) is 9.90 Å². The van der Waals surface area contributed by atoms with Crippen LogP contribution in [-0.4, -0.2) is 35.6 Å². The van der Waals surface area contributed by atoms with E-state index in [1.54, 1.807) is 7.11 Å². The molecule has 5 nitrogen and oxygen atoms in total. The number of aliphatic hydroxyl groups is 1. The molecule has 1 aromatic rings. The molecule has 1 heterocycles. The van der Waals surface area contributed by atoms with Gasteiger partial charge in [0, 0.05) is 12.0 Å². The van der Waals surface area contributed by atoms with Gasteiger partial charge in [-0.3, -0.25) is 4.90 Å². The highest BCUT2D eigenvalue weighted by Gasteiger charge is 2.48. The highest BCUT2D eigenvalue weighted by Crippen LogP contribution is 2.47. The topological polar surface area (TPSA) is 59.0 Å². The van der Waals surface area contributed by atoms with Crippen molar-refractivity contribution in [2.24, 2.45) is 0 Å². The van der Waals surface area contributed by atoms with Gasteiger partial charge in [0.05, 0.1) is 28.9 Å². The quantitative estimate of drug-likeness (QED) is 0.757. The van der Waals surface area contributed by atoms with Gasteiger partial charge in [0.25, 0.3) is 0 Å². The van der Waals surface area contributed by atoms with Gasteiger partial charge >= 0.3 is 6.09 Å². The van der Waals surface area contributed by atoms with E-state index in [4.69, 9.17) is 9.47 Å². The summed E-state index contributed by atoms with van der Waals surface area (Å²) < 4.78 is 11.7. The number of aliphatic hydroxyl groups excluding tert-OH is 1. The molecular weight excluding hydrogens is 374 g/mol. The van der Waals surface area contributed by atoms with Crippen molar-refractivity contribution in [3.63, 3.8) is 0 Å². The van der Waals surface area contributed by atoms with Crippen LogP contribution in [0.5, 0.6) is 5.75 Å². The maximum atomic E-state index is 12.9. The average Bonchev–Trinajstić information content (AvgIpc) is 2.43. The fraction of sp³-hybridized carbons (Fsp3) is 0.611. The lowest BCUT2D eigenvalue weighted by molar-refractivity contribution is 0.0338. The van der Waals surface area contributed by atoms with Crippen LogP contribution in [-0.2, 0) is 4.74 Å². The summed E-state index contributed by atoms with van der Waals surface area (Å²) in [5.74, 6) is 0.498. The minimum atomic E-state index is -0.812. The number of carbonyl (C=O) groups excluding carboxylic acids is 1. The number of rotatable bonds is 1. The third-order valence-electron chi connectivity index (χ3n) is 4.38. The van der Waals surface area contributed by atoms with E-state index in [0.717, 1.165) is 10.0 Å². The van der Waals surface area contributed by atoms with Gasteiger partial charge in [-0.15, -0.1) is 0 Å². The molecule has 2 atom stereocenters. The summed E-state index contributed by atoms with van der Waals surface area (Å²) in [4.78, 5) is 14.4. The zero-order chi connectivity index (χ0) is 18.4. The zero-order valence-corrected chi connectivity index (χ0v) is 16.9. The first-order chi connectivity index (χ1) is 10.9. The van der Waals surface area contributed by atoms with Crippen molar-refractivity contribution in [2.45, 2.75) is 64.7 Å². The molecule has 0 bridgehead atoms. The third-order valence-corrected chi connectivity index (χ3v) is 5.00. The van der Waals surface area contributed by atoms with Crippen LogP contribution in [0.2, 0.25) is 0 Å². The van der Waals surface area contributed by atoms with Crippen LogP contribution < -0.4 is 9.64 Å². The van der Waals surface area contributed by atoms with E-state index in [1.807, 2.05) is 53.7 Å². The van der Waals surface area contributed by atoms with Gasteiger partial charge in [-0.25, -0.2) is 4.79 Å². The smallest absolute Gasteiger partial charge is 0.415 e. The largest absolute Gasteiger partial charge is 0.495 e. The van der Waals surface area contributed by atoms with Gasteiger partial charge in [-0.05, 0) is 62.2 Å². The molecule has 1 aliphatic rings. The molecular formula is C18H26BrNO4. The van der Waals surface area contributed by atoms with E-state index in [0.29, 0.717) is 11.4 Å². The Balaban J connectivity index is 2.64. The molecule has 0 saturated carbocycles. The average molecular weight is 400 g/mol. The predicted molar refractivity (Wildman–Crippen MR) is 97.9 cm³/mol. The Morgan fingerprint density at radius 3 is 2.42 bits per heavy atom. The second-order valence-electron chi connectivity index (χ2n) is 7.75. The lowest BCUT2D eigenvalue weighted by atomic mass is 9.77. The summed E-state index contributed by atoms with van der Waals surface area (Å²) in [5.41, 5.74) is 0.140. The molecule has 1 aromatic carbocycles. The summed E-state index contributed by atoms with van der Waals surface area (Å²) in [5, 5.41) is 10.8. The first kappa shape index (κ1) is 19.1. The lowest BCUT2D eigenvalue weighted by Gasteiger charge is -2.49. The molecule has 2 unspecified atom stereocenters. The highest BCUT2D eigenvalue weighted by molar-refractivity contribution is 9.10. The number of ether oxygens (including phenoxy) is 2. The van der Waals surface area contributed by atoms with E-state index < -0.39 is 23.3 Å². The fourth-order valence-corrected chi connectivity index (χ4v) is 3.66. The van der Waals surface area contributed by atoms with Gasteiger partial charge in [-0.2, -0.15) is 0 Å². The SMILES string of the molecule is COc1cc2c(cc1Br)C(C)C(O)C(C)(C)N2C(=O)OC(C)(C)C. The Hall–Kier alpha value is -1.27. The van der Waals surface area contributed by atoms with Crippen molar-refractivity contribution in [1.82, 2.24) is 0 Å². The number of nitrogens with zero attached hydrogens (tertiary/aromatic N) is 1. The van der Waals surface area contributed by atoms with Crippen LogP contribution in [0, 0.1) is 0 Å². The van der Waals surface area contributed by atoms with Crippen LogP contribution in [0.15, 0.2) is 16.6 Å². The van der Waals surface area contributed by atoms with Crippen LogP contribution >= 0.6 is 15.9 Å². The van der Waals surface area contributed by atoms with Gasteiger partial charge in [0.1, 0.15) is 11.4 Å². The van der Waals surface area contributed by atoms with Crippen molar-refractivity contribution >= 4 is 27.7 Å². The Morgan fingerprint density at radius 2 is 1.92 bits per heavy atom. The van der Waals surface area contributed by atoms with Crippen molar-refractivity contribution < 1.29 is 19.4 Å². The number of hydrogen-bond donors (Lipinski definition) is 1. The number of halogens is 1. The summed E-state index contributed by atoms with van der Waals surface area (Å²) >= 11 is 3.48. The Morgan fingerprint density at radius 1 is 1.33 bits per heavy atom. The predicted octanol–water partition coefficient (Wildman–Crippen LogP) is 4.46. The van der Waals surface area contributed by atoms with Crippen molar-refractivity contribution in [3.8, 4) is 5.75 Å². The van der Waals surface area contributed by atoms with E-state index in [1.165, 1.54) is 4.90 Å². The van der Waals surface area contributed by atoms with Gasteiger partial charge in [0.2, 0.25) is 0 Å². The fourth-order valence-electron chi connectivity index (χ4n) is 3.14. The van der Waals surface area contributed by atoms with Gasteiger partial charge in [0.15, 0.2) is 0 Å². The van der Waals surface area contributed by atoms with Crippen LogP contribution in [0.25, 0.3) is 0 Å². The Bertz CT molecular complexity index is 651. The molecule has 134 valence electrons. The molecule has 0 aliphatic carbocycles. The zero-order valence-electron chi connectivity index (χ0n) is 15.3. The minimum Gasteiger partial charge on any atom is -0.495 e. The molecule has 0 saturated heterocycles. The Labute approximate surface area is 152 Å².